The van der Waals surface area contributed by atoms with Gasteiger partial charge in [-0.25, -0.2) is 0 Å². The number of ketones is 1. The van der Waals surface area contributed by atoms with Crippen molar-refractivity contribution in [3.05, 3.63) is 52.1 Å². The monoisotopic (exact) mass is 414 g/mol. The normalized spacial score (nSPS) is 11.8. The predicted molar refractivity (Wildman–Crippen MR) is 110 cm³/mol. The summed E-state index contributed by atoms with van der Waals surface area (Å²) in [5.41, 5.74) is 0.528. The van der Waals surface area contributed by atoms with Crippen LogP contribution in [0.5, 0.6) is 17.2 Å². The molecule has 1 atom stereocenters. The van der Waals surface area contributed by atoms with Crippen molar-refractivity contribution >= 4 is 18.0 Å². The number of phenolic OH excluding ortho intramolecular Hbond substituents is 2. The van der Waals surface area contributed by atoms with Crippen LogP contribution in [-0.4, -0.2) is 35.4 Å². The summed E-state index contributed by atoms with van der Waals surface area (Å²) < 4.78 is 10.9. The van der Waals surface area contributed by atoms with Crippen LogP contribution in [0.25, 0.3) is 0 Å². The Morgan fingerprint density at radius 1 is 1.10 bits per heavy atom. The molecule has 2 aromatic carbocycles. The van der Waals surface area contributed by atoms with E-state index in [1.54, 1.807) is 6.92 Å². The summed E-state index contributed by atoms with van der Waals surface area (Å²) in [4.78, 5) is 36.4. The molecule has 0 heterocycles. The lowest BCUT2D eigenvalue weighted by atomic mass is 9.91. The van der Waals surface area contributed by atoms with E-state index in [1.807, 2.05) is 13.8 Å². The van der Waals surface area contributed by atoms with Gasteiger partial charge < -0.3 is 19.7 Å². The summed E-state index contributed by atoms with van der Waals surface area (Å²) in [6, 6.07) is 5.64. The quantitative estimate of drug-likeness (QED) is 0.380. The van der Waals surface area contributed by atoms with Crippen molar-refractivity contribution in [2.24, 2.45) is 5.92 Å². The first-order chi connectivity index (χ1) is 14.1. The molecule has 0 fully saturated rings. The van der Waals surface area contributed by atoms with E-state index in [4.69, 9.17) is 9.47 Å². The molecule has 0 amide bonds. The van der Waals surface area contributed by atoms with E-state index in [9.17, 15) is 24.6 Å². The average molecular weight is 414 g/mol. The minimum absolute atomic E-state index is 0.0110. The molecule has 0 saturated carbocycles. The Labute approximate surface area is 175 Å². The number of aryl methyl sites for hydroxylation is 1. The van der Waals surface area contributed by atoms with E-state index < -0.39 is 17.9 Å². The molecular formula is C23H26O7. The molecule has 30 heavy (non-hydrogen) atoms. The lowest BCUT2D eigenvalue weighted by Gasteiger charge is -2.23. The molecule has 2 N–H and O–H groups in total. The van der Waals surface area contributed by atoms with E-state index >= 15 is 0 Å². The van der Waals surface area contributed by atoms with Gasteiger partial charge in [0, 0.05) is 18.1 Å². The topological polar surface area (TPSA) is 110 Å². The zero-order chi connectivity index (χ0) is 22.6. The fourth-order valence-corrected chi connectivity index (χ4v) is 3.41. The third-order valence-corrected chi connectivity index (χ3v) is 4.58. The SMILES string of the molecule is COc1c(C(CC(C)C)OC(C)=O)ccc(O)c1C(=O)c1c(O)cc(C)cc1C=O. The van der Waals surface area contributed by atoms with Crippen LogP contribution in [0.15, 0.2) is 24.3 Å². The molecule has 7 nitrogen and oxygen atoms in total. The fourth-order valence-electron chi connectivity index (χ4n) is 3.41. The number of esters is 1. The molecule has 0 aromatic heterocycles. The number of ether oxygens (including phenoxy) is 2. The van der Waals surface area contributed by atoms with Gasteiger partial charge in [-0.1, -0.05) is 13.8 Å². The lowest BCUT2D eigenvalue weighted by Crippen LogP contribution is -2.15. The molecule has 2 aromatic rings. The minimum atomic E-state index is -0.781. The van der Waals surface area contributed by atoms with E-state index in [-0.39, 0.29) is 39.9 Å². The summed E-state index contributed by atoms with van der Waals surface area (Å²) >= 11 is 0. The molecule has 0 aliphatic carbocycles. The first-order valence-corrected chi connectivity index (χ1v) is 9.51. The number of hydrogen-bond donors (Lipinski definition) is 2. The zero-order valence-corrected chi connectivity index (χ0v) is 17.7. The molecule has 1 unspecified atom stereocenters. The van der Waals surface area contributed by atoms with E-state index in [0.29, 0.717) is 23.8 Å². The Bertz CT molecular complexity index is 976. The molecule has 0 aliphatic rings. The number of benzene rings is 2. The van der Waals surface area contributed by atoms with Crippen molar-refractivity contribution in [1.29, 1.82) is 0 Å². The van der Waals surface area contributed by atoms with Crippen molar-refractivity contribution in [2.75, 3.05) is 7.11 Å². The number of carbonyl (C=O) groups excluding carboxylic acids is 3. The van der Waals surface area contributed by atoms with Gasteiger partial charge in [0.15, 0.2) is 6.29 Å². The third kappa shape index (κ3) is 4.79. The first-order valence-electron chi connectivity index (χ1n) is 9.51. The van der Waals surface area contributed by atoms with Gasteiger partial charge in [-0.15, -0.1) is 0 Å². The van der Waals surface area contributed by atoms with Gasteiger partial charge in [0.25, 0.3) is 0 Å². The number of aldehydes is 1. The Kier molecular flexibility index (Phi) is 7.21. The maximum atomic E-state index is 13.3. The van der Waals surface area contributed by atoms with Crippen molar-refractivity contribution in [3.63, 3.8) is 0 Å². The van der Waals surface area contributed by atoms with Gasteiger partial charge in [0.05, 0.1) is 12.7 Å². The van der Waals surface area contributed by atoms with E-state index in [2.05, 4.69) is 0 Å². The van der Waals surface area contributed by atoms with Crippen molar-refractivity contribution in [1.82, 2.24) is 0 Å². The summed E-state index contributed by atoms with van der Waals surface area (Å²) in [5, 5.41) is 20.8. The second-order valence-electron chi connectivity index (χ2n) is 7.51. The summed E-state index contributed by atoms with van der Waals surface area (Å²) in [6.07, 6.45) is 0.221. The van der Waals surface area contributed by atoms with Crippen LogP contribution < -0.4 is 4.74 Å². The lowest BCUT2D eigenvalue weighted by molar-refractivity contribution is -0.147. The fraction of sp³-hybridized carbons (Fsp3) is 0.348. The maximum Gasteiger partial charge on any atom is 0.303 e. The standard InChI is InChI=1S/C23H26O7/c1-12(2)8-19(30-14(4)25)16-6-7-17(26)21(23(16)29-5)22(28)20-15(11-24)9-13(3)10-18(20)27/h6-7,9-12,19,26-27H,8H2,1-5H3. The van der Waals surface area contributed by atoms with Gasteiger partial charge in [-0.05, 0) is 49.1 Å². The van der Waals surface area contributed by atoms with Crippen LogP contribution in [0.1, 0.15) is 70.7 Å². The van der Waals surface area contributed by atoms with Crippen LogP contribution >= 0.6 is 0 Å². The highest BCUT2D eigenvalue weighted by Crippen LogP contribution is 2.41. The number of rotatable bonds is 8. The maximum absolute atomic E-state index is 13.3. The van der Waals surface area contributed by atoms with Crippen LogP contribution in [-0.2, 0) is 9.53 Å². The molecule has 0 spiro atoms. The van der Waals surface area contributed by atoms with Gasteiger partial charge >= 0.3 is 5.97 Å². The van der Waals surface area contributed by atoms with Crippen LogP contribution in [0.2, 0.25) is 0 Å². The molecule has 160 valence electrons. The van der Waals surface area contributed by atoms with Crippen LogP contribution in [0, 0.1) is 12.8 Å². The number of methoxy groups -OCH3 is 1. The Balaban J connectivity index is 2.73. The molecule has 0 bridgehead atoms. The van der Waals surface area contributed by atoms with Crippen LogP contribution in [0.4, 0.5) is 0 Å². The minimum Gasteiger partial charge on any atom is -0.507 e. The van der Waals surface area contributed by atoms with Crippen LogP contribution in [0.3, 0.4) is 0 Å². The molecule has 7 heteroatoms. The molecular weight excluding hydrogens is 388 g/mol. The third-order valence-electron chi connectivity index (χ3n) is 4.58. The highest BCUT2D eigenvalue weighted by Gasteiger charge is 2.30. The second kappa shape index (κ2) is 9.43. The summed E-state index contributed by atoms with van der Waals surface area (Å²) in [6.45, 7) is 6.87. The molecule has 0 saturated heterocycles. The van der Waals surface area contributed by atoms with E-state index in [0.717, 1.165) is 0 Å². The number of carbonyl (C=O) groups is 3. The summed E-state index contributed by atoms with van der Waals surface area (Å²) in [5.74, 6) is -1.87. The van der Waals surface area contributed by atoms with Gasteiger partial charge in [0.2, 0.25) is 5.78 Å². The second-order valence-corrected chi connectivity index (χ2v) is 7.51. The first kappa shape index (κ1) is 22.9. The highest BCUT2D eigenvalue weighted by molar-refractivity contribution is 6.17. The molecule has 2 rings (SSSR count). The smallest absolute Gasteiger partial charge is 0.303 e. The van der Waals surface area contributed by atoms with E-state index in [1.165, 1.54) is 38.3 Å². The Hall–Kier alpha value is -3.35. The Morgan fingerprint density at radius 2 is 1.77 bits per heavy atom. The number of aromatic hydroxyl groups is 2. The summed E-state index contributed by atoms with van der Waals surface area (Å²) in [7, 11) is 1.32. The molecule has 0 radical (unpaired) electrons. The highest BCUT2D eigenvalue weighted by atomic mass is 16.5. The number of hydrogen-bond acceptors (Lipinski definition) is 7. The van der Waals surface area contributed by atoms with Crippen molar-refractivity contribution in [3.8, 4) is 17.2 Å². The van der Waals surface area contributed by atoms with Crippen molar-refractivity contribution in [2.45, 2.75) is 40.2 Å². The zero-order valence-electron chi connectivity index (χ0n) is 17.7. The van der Waals surface area contributed by atoms with Gasteiger partial charge in [0.1, 0.15) is 28.9 Å². The number of phenols is 2. The predicted octanol–water partition coefficient (Wildman–Crippen LogP) is 4.11. The Morgan fingerprint density at radius 3 is 2.30 bits per heavy atom. The average Bonchev–Trinajstić information content (AvgIpc) is 2.65. The van der Waals surface area contributed by atoms with Gasteiger partial charge in [-0.3, -0.25) is 14.4 Å². The molecule has 0 aliphatic heterocycles. The largest absolute Gasteiger partial charge is 0.507 e. The van der Waals surface area contributed by atoms with Gasteiger partial charge in [-0.2, -0.15) is 0 Å². The van der Waals surface area contributed by atoms with Crippen molar-refractivity contribution < 1.29 is 34.1 Å².